The summed E-state index contributed by atoms with van der Waals surface area (Å²) in [5.74, 6) is -2.75. The molecule has 0 aromatic heterocycles. The predicted molar refractivity (Wildman–Crippen MR) is 65.3 cm³/mol. The van der Waals surface area contributed by atoms with Crippen molar-refractivity contribution >= 4 is 23.2 Å². The molecule has 1 aromatic carbocycles. The summed E-state index contributed by atoms with van der Waals surface area (Å²) < 4.78 is 26.7. The minimum atomic E-state index is -0.914. The summed E-state index contributed by atoms with van der Waals surface area (Å²) in [7, 11) is 0. The normalized spacial score (nSPS) is 19.5. The number of halogens is 2. The maximum atomic E-state index is 13.4. The molecule has 2 amide bonds. The number of rotatable bonds is 2. The average Bonchev–Trinajstić information content (AvgIpc) is 2.33. The summed E-state index contributed by atoms with van der Waals surface area (Å²) in [5, 5.41) is 2.18. The Labute approximate surface area is 108 Å². The summed E-state index contributed by atoms with van der Waals surface area (Å²) >= 11 is 0. The second kappa shape index (κ2) is 4.83. The second-order valence-corrected chi connectivity index (χ2v) is 4.28. The van der Waals surface area contributed by atoms with Crippen molar-refractivity contribution in [1.29, 1.82) is 0 Å². The second-order valence-electron chi connectivity index (χ2n) is 4.28. The van der Waals surface area contributed by atoms with E-state index in [9.17, 15) is 18.4 Å². The fourth-order valence-electron chi connectivity index (χ4n) is 2.13. The van der Waals surface area contributed by atoms with E-state index in [0.717, 1.165) is 6.07 Å². The van der Waals surface area contributed by atoms with Gasteiger partial charge in [0.2, 0.25) is 11.8 Å². The van der Waals surface area contributed by atoms with E-state index in [-0.39, 0.29) is 17.9 Å². The number of imide groups is 1. The molecule has 19 heavy (non-hydrogen) atoms. The minimum absolute atomic E-state index is 0.0209. The zero-order valence-corrected chi connectivity index (χ0v) is 10.2. The number of carbonyl (C=O) groups is 2. The van der Waals surface area contributed by atoms with Gasteiger partial charge in [0.1, 0.15) is 11.9 Å². The van der Waals surface area contributed by atoms with Crippen LogP contribution in [0, 0.1) is 11.6 Å². The van der Waals surface area contributed by atoms with E-state index in [2.05, 4.69) is 5.32 Å². The van der Waals surface area contributed by atoms with Crippen molar-refractivity contribution in [3.63, 3.8) is 0 Å². The highest BCUT2D eigenvalue weighted by molar-refractivity contribution is 6.05. The van der Waals surface area contributed by atoms with Gasteiger partial charge in [-0.05, 0) is 12.5 Å². The summed E-state index contributed by atoms with van der Waals surface area (Å²) in [4.78, 5) is 24.4. The van der Waals surface area contributed by atoms with Gasteiger partial charge >= 0.3 is 0 Å². The SMILES string of the molecule is CCC1C(=O)NC(=O)CN1c1cc(F)cc(F)c1N. The molecule has 1 saturated heterocycles. The van der Waals surface area contributed by atoms with Gasteiger partial charge in [0, 0.05) is 6.07 Å². The molecular formula is C12H13F2N3O2. The Morgan fingerprint density at radius 3 is 2.74 bits per heavy atom. The van der Waals surface area contributed by atoms with E-state index < -0.39 is 29.5 Å². The van der Waals surface area contributed by atoms with Gasteiger partial charge in [0.25, 0.3) is 0 Å². The highest BCUT2D eigenvalue weighted by Crippen LogP contribution is 2.30. The molecular weight excluding hydrogens is 256 g/mol. The third kappa shape index (κ3) is 2.35. The van der Waals surface area contributed by atoms with Crippen molar-refractivity contribution in [3.05, 3.63) is 23.8 Å². The van der Waals surface area contributed by atoms with Crippen LogP contribution < -0.4 is 16.0 Å². The van der Waals surface area contributed by atoms with Crippen LogP contribution in [0.1, 0.15) is 13.3 Å². The summed E-state index contributed by atoms with van der Waals surface area (Å²) in [5.41, 5.74) is 5.31. The lowest BCUT2D eigenvalue weighted by atomic mass is 10.1. The van der Waals surface area contributed by atoms with Crippen molar-refractivity contribution in [2.24, 2.45) is 0 Å². The number of carbonyl (C=O) groups excluding carboxylic acids is 2. The van der Waals surface area contributed by atoms with Gasteiger partial charge in [-0.1, -0.05) is 6.92 Å². The largest absolute Gasteiger partial charge is 0.395 e. The van der Waals surface area contributed by atoms with E-state index in [4.69, 9.17) is 5.73 Å². The van der Waals surface area contributed by atoms with Crippen molar-refractivity contribution < 1.29 is 18.4 Å². The Hall–Kier alpha value is -2.18. The van der Waals surface area contributed by atoms with Gasteiger partial charge in [-0.25, -0.2) is 8.78 Å². The van der Waals surface area contributed by atoms with Crippen molar-refractivity contribution in [1.82, 2.24) is 5.32 Å². The zero-order valence-electron chi connectivity index (χ0n) is 10.2. The van der Waals surface area contributed by atoms with E-state index in [1.165, 1.54) is 4.90 Å². The lowest BCUT2D eigenvalue weighted by Crippen LogP contribution is -2.58. The van der Waals surface area contributed by atoms with Crippen LogP contribution in [-0.2, 0) is 9.59 Å². The predicted octanol–water partition coefficient (Wildman–Crippen LogP) is 0.788. The smallest absolute Gasteiger partial charge is 0.249 e. The number of nitrogens with two attached hydrogens (primary N) is 1. The van der Waals surface area contributed by atoms with Crippen molar-refractivity contribution in [2.75, 3.05) is 17.2 Å². The molecule has 0 radical (unpaired) electrons. The van der Waals surface area contributed by atoms with Crippen LogP contribution in [0.2, 0.25) is 0 Å². The Morgan fingerprint density at radius 2 is 2.11 bits per heavy atom. The average molecular weight is 269 g/mol. The fourth-order valence-corrected chi connectivity index (χ4v) is 2.13. The quantitative estimate of drug-likeness (QED) is 0.615. The molecule has 0 spiro atoms. The van der Waals surface area contributed by atoms with Crippen molar-refractivity contribution in [3.8, 4) is 0 Å². The fraction of sp³-hybridized carbons (Fsp3) is 0.333. The number of hydrogen-bond donors (Lipinski definition) is 2. The molecule has 1 aliphatic rings. The lowest BCUT2D eigenvalue weighted by molar-refractivity contribution is -0.132. The Balaban J connectivity index is 2.49. The standard InChI is InChI=1S/C12H13F2N3O2/c1-2-8-12(19)16-10(18)5-17(8)9-4-6(13)3-7(14)11(9)15/h3-4,8H,2,5,15H2,1H3,(H,16,18,19). The Kier molecular flexibility index (Phi) is 3.37. The van der Waals surface area contributed by atoms with Gasteiger partial charge in [-0.2, -0.15) is 0 Å². The molecule has 7 heteroatoms. The molecule has 1 atom stereocenters. The topological polar surface area (TPSA) is 75.4 Å². The van der Waals surface area contributed by atoms with Gasteiger partial charge in [0.15, 0.2) is 5.82 Å². The summed E-state index contributed by atoms with van der Waals surface area (Å²) in [6.45, 7) is 1.57. The zero-order chi connectivity index (χ0) is 14.2. The number of nitrogens with zero attached hydrogens (tertiary/aromatic N) is 1. The maximum Gasteiger partial charge on any atom is 0.249 e. The molecule has 3 N–H and O–H groups in total. The van der Waals surface area contributed by atoms with E-state index in [0.29, 0.717) is 12.5 Å². The number of benzene rings is 1. The first-order valence-corrected chi connectivity index (χ1v) is 5.79. The van der Waals surface area contributed by atoms with Gasteiger partial charge in [-0.15, -0.1) is 0 Å². The van der Waals surface area contributed by atoms with E-state index in [1.807, 2.05) is 0 Å². The number of nitrogen functional groups attached to an aromatic ring is 1. The summed E-state index contributed by atoms with van der Waals surface area (Å²) in [6.07, 6.45) is 0.386. The number of piperazine rings is 1. The van der Waals surface area contributed by atoms with Crippen LogP contribution in [0.5, 0.6) is 0 Å². The summed E-state index contributed by atoms with van der Waals surface area (Å²) in [6, 6.07) is 1.000. The number of amides is 2. The molecule has 1 aromatic rings. The van der Waals surface area contributed by atoms with Gasteiger partial charge in [-0.3, -0.25) is 14.9 Å². The van der Waals surface area contributed by atoms with Gasteiger partial charge < -0.3 is 10.6 Å². The van der Waals surface area contributed by atoms with Gasteiger partial charge in [0.05, 0.1) is 17.9 Å². The van der Waals surface area contributed by atoms with Crippen LogP contribution in [0.3, 0.4) is 0 Å². The third-order valence-corrected chi connectivity index (χ3v) is 3.02. The molecule has 5 nitrogen and oxygen atoms in total. The van der Waals surface area contributed by atoms with Crippen LogP contribution in [0.15, 0.2) is 12.1 Å². The van der Waals surface area contributed by atoms with Crippen LogP contribution in [-0.4, -0.2) is 24.4 Å². The molecule has 1 heterocycles. The van der Waals surface area contributed by atoms with E-state index >= 15 is 0 Å². The van der Waals surface area contributed by atoms with E-state index in [1.54, 1.807) is 6.92 Å². The Morgan fingerprint density at radius 1 is 1.42 bits per heavy atom. The monoisotopic (exact) mass is 269 g/mol. The molecule has 1 fully saturated rings. The molecule has 102 valence electrons. The molecule has 1 unspecified atom stereocenters. The first-order chi connectivity index (χ1) is 8.93. The number of anilines is 2. The highest BCUT2D eigenvalue weighted by atomic mass is 19.1. The number of hydrogen-bond acceptors (Lipinski definition) is 4. The third-order valence-electron chi connectivity index (χ3n) is 3.02. The first-order valence-electron chi connectivity index (χ1n) is 5.79. The first kappa shape index (κ1) is 13.3. The molecule has 0 saturated carbocycles. The highest BCUT2D eigenvalue weighted by Gasteiger charge is 2.34. The lowest BCUT2D eigenvalue weighted by Gasteiger charge is -2.35. The Bertz CT molecular complexity index is 548. The molecule has 0 bridgehead atoms. The molecule has 1 aliphatic heterocycles. The van der Waals surface area contributed by atoms with Crippen LogP contribution in [0.4, 0.5) is 20.2 Å². The van der Waals surface area contributed by atoms with Crippen LogP contribution >= 0.6 is 0 Å². The number of nitrogens with one attached hydrogen (secondary N) is 1. The van der Waals surface area contributed by atoms with Crippen LogP contribution in [0.25, 0.3) is 0 Å². The minimum Gasteiger partial charge on any atom is -0.395 e. The van der Waals surface area contributed by atoms with Crippen molar-refractivity contribution in [2.45, 2.75) is 19.4 Å². The molecule has 2 rings (SSSR count). The maximum absolute atomic E-state index is 13.4. The molecule has 0 aliphatic carbocycles.